The predicted molar refractivity (Wildman–Crippen MR) is 81.1 cm³/mol. The highest BCUT2D eigenvalue weighted by molar-refractivity contribution is 7.99. The van der Waals surface area contributed by atoms with Crippen molar-refractivity contribution in [3.63, 3.8) is 0 Å². The van der Waals surface area contributed by atoms with Crippen LogP contribution >= 0.6 is 11.8 Å². The molecule has 0 bridgehead atoms. The molecule has 0 heterocycles. The Balaban J connectivity index is 2.50. The van der Waals surface area contributed by atoms with Crippen molar-refractivity contribution < 1.29 is 8.42 Å². The maximum atomic E-state index is 11.8. The molecular weight excluding hydrogens is 266 g/mol. The molecule has 0 aromatic rings. The van der Waals surface area contributed by atoms with E-state index in [1.807, 2.05) is 11.8 Å². The summed E-state index contributed by atoms with van der Waals surface area (Å²) in [6.07, 6.45) is 6.67. The summed E-state index contributed by atoms with van der Waals surface area (Å²) < 4.78 is 23.7. The van der Waals surface area contributed by atoms with Gasteiger partial charge >= 0.3 is 0 Å². The normalized spacial score (nSPS) is 25.6. The Morgan fingerprint density at radius 3 is 2.56 bits per heavy atom. The molecule has 0 N–H and O–H groups in total. The van der Waals surface area contributed by atoms with E-state index in [1.165, 1.54) is 24.2 Å². The van der Waals surface area contributed by atoms with Crippen LogP contribution in [-0.4, -0.2) is 56.0 Å². The topological polar surface area (TPSA) is 37.4 Å². The monoisotopic (exact) mass is 293 g/mol. The van der Waals surface area contributed by atoms with E-state index in [-0.39, 0.29) is 11.3 Å². The molecule has 1 saturated carbocycles. The molecule has 108 valence electrons. The number of nitrogens with zero attached hydrogens (tertiary/aromatic N) is 1. The number of sulfone groups is 1. The minimum absolute atomic E-state index is 0.143. The van der Waals surface area contributed by atoms with Gasteiger partial charge in [0.25, 0.3) is 0 Å². The zero-order valence-electron chi connectivity index (χ0n) is 11.9. The molecule has 2 unspecified atom stereocenters. The van der Waals surface area contributed by atoms with Crippen molar-refractivity contribution in [3.05, 3.63) is 0 Å². The lowest BCUT2D eigenvalue weighted by Crippen LogP contribution is -2.47. The van der Waals surface area contributed by atoms with Crippen LogP contribution in [0.4, 0.5) is 0 Å². The molecule has 18 heavy (non-hydrogen) atoms. The summed E-state index contributed by atoms with van der Waals surface area (Å²) in [7, 11) is -0.814. The van der Waals surface area contributed by atoms with Crippen LogP contribution in [0.15, 0.2) is 0 Å². The second kappa shape index (κ2) is 7.75. The molecule has 2 atom stereocenters. The largest absolute Gasteiger partial charge is 0.302 e. The van der Waals surface area contributed by atoms with E-state index in [2.05, 4.69) is 18.9 Å². The Kier molecular flexibility index (Phi) is 7.03. The maximum absolute atomic E-state index is 11.8. The number of thioether (sulfide) groups is 1. The molecule has 0 aliphatic heterocycles. The van der Waals surface area contributed by atoms with Gasteiger partial charge in [-0.3, -0.25) is 0 Å². The third-order valence-corrected chi connectivity index (χ3v) is 6.42. The molecule has 0 saturated heterocycles. The van der Waals surface area contributed by atoms with Crippen LogP contribution in [0.1, 0.15) is 39.0 Å². The summed E-state index contributed by atoms with van der Waals surface area (Å²) in [5, 5.41) is -0.143. The molecule has 0 aromatic heterocycles. The highest BCUT2D eigenvalue weighted by Crippen LogP contribution is 2.27. The van der Waals surface area contributed by atoms with E-state index < -0.39 is 9.84 Å². The van der Waals surface area contributed by atoms with Gasteiger partial charge in [-0.05, 0) is 44.4 Å². The Labute approximate surface area is 117 Å². The Bertz CT molecular complexity index is 330. The number of hydrogen-bond acceptors (Lipinski definition) is 4. The standard InChI is InChI=1S/C13H27NO2S2/c1-4-17-11-7-10-14(2)12-8-5-6-9-13(12)18(3,15)16/h12-13H,4-11H2,1-3H3. The fourth-order valence-electron chi connectivity index (χ4n) is 2.81. The van der Waals surface area contributed by atoms with Crippen molar-refractivity contribution in [2.75, 3.05) is 31.4 Å². The fourth-order valence-corrected chi connectivity index (χ4v) is 4.94. The second-order valence-electron chi connectivity index (χ2n) is 5.25. The SMILES string of the molecule is CCSCCCN(C)C1CCCCC1S(C)(=O)=O. The lowest BCUT2D eigenvalue weighted by Gasteiger charge is -2.37. The van der Waals surface area contributed by atoms with Crippen molar-refractivity contribution in [1.82, 2.24) is 4.90 Å². The summed E-state index contributed by atoms with van der Waals surface area (Å²) >= 11 is 1.96. The van der Waals surface area contributed by atoms with Crippen LogP contribution < -0.4 is 0 Å². The summed E-state index contributed by atoms with van der Waals surface area (Å²) in [4.78, 5) is 2.28. The molecule has 0 spiro atoms. The maximum Gasteiger partial charge on any atom is 0.151 e. The quantitative estimate of drug-likeness (QED) is 0.676. The first-order chi connectivity index (χ1) is 8.46. The molecule has 0 aromatic carbocycles. The van der Waals surface area contributed by atoms with Gasteiger partial charge in [0.1, 0.15) is 0 Å². The number of hydrogen-bond donors (Lipinski definition) is 0. The summed E-state index contributed by atoms with van der Waals surface area (Å²) in [5.74, 6) is 2.34. The minimum atomic E-state index is -2.90. The van der Waals surface area contributed by atoms with E-state index >= 15 is 0 Å². The van der Waals surface area contributed by atoms with Gasteiger partial charge in [0.2, 0.25) is 0 Å². The first-order valence-electron chi connectivity index (χ1n) is 6.93. The highest BCUT2D eigenvalue weighted by Gasteiger charge is 2.34. The Morgan fingerprint density at radius 1 is 1.28 bits per heavy atom. The minimum Gasteiger partial charge on any atom is -0.302 e. The van der Waals surface area contributed by atoms with Gasteiger partial charge in [-0.25, -0.2) is 8.42 Å². The molecule has 1 rings (SSSR count). The summed E-state index contributed by atoms with van der Waals surface area (Å²) in [5.41, 5.74) is 0. The van der Waals surface area contributed by atoms with Crippen molar-refractivity contribution in [2.24, 2.45) is 0 Å². The Hall–Kier alpha value is 0.260. The first kappa shape index (κ1) is 16.3. The van der Waals surface area contributed by atoms with Gasteiger partial charge in [0.15, 0.2) is 9.84 Å². The molecule has 0 radical (unpaired) electrons. The average molecular weight is 293 g/mol. The third-order valence-electron chi connectivity index (χ3n) is 3.79. The van der Waals surface area contributed by atoms with Crippen LogP contribution in [0.25, 0.3) is 0 Å². The first-order valence-corrected chi connectivity index (χ1v) is 10.0. The zero-order valence-corrected chi connectivity index (χ0v) is 13.5. The summed E-state index contributed by atoms with van der Waals surface area (Å²) in [6.45, 7) is 3.19. The van der Waals surface area contributed by atoms with Crippen LogP contribution in [0, 0.1) is 0 Å². The van der Waals surface area contributed by atoms with Crippen LogP contribution in [-0.2, 0) is 9.84 Å². The Morgan fingerprint density at radius 2 is 1.94 bits per heavy atom. The third kappa shape index (κ3) is 5.10. The van der Waals surface area contributed by atoms with E-state index in [1.54, 1.807) is 0 Å². The lowest BCUT2D eigenvalue weighted by molar-refractivity contribution is 0.195. The van der Waals surface area contributed by atoms with E-state index in [4.69, 9.17) is 0 Å². The van der Waals surface area contributed by atoms with Gasteiger partial charge in [-0.1, -0.05) is 19.8 Å². The second-order valence-corrected chi connectivity index (χ2v) is 8.91. The van der Waals surface area contributed by atoms with Gasteiger partial charge in [-0.15, -0.1) is 0 Å². The molecule has 1 fully saturated rings. The van der Waals surface area contributed by atoms with E-state index in [0.29, 0.717) is 0 Å². The lowest BCUT2D eigenvalue weighted by atomic mass is 9.94. The van der Waals surface area contributed by atoms with Gasteiger partial charge in [-0.2, -0.15) is 11.8 Å². The van der Waals surface area contributed by atoms with Gasteiger partial charge < -0.3 is 4.90 Å². The van der Waals surface area contributed by atoms with Gasteiger partial charge in [0.05, 0.1) is 5.25 Å². The molecule has 0 amide bonds. The predicted octanol–water partition coefficient (Wildman–Crippen LogP) is 2.42. The van der Waals surface area contributed by atoms with E-state index in [0.717, 1.165) is 32.2 Å². The van der Waals surface area contributed by atoms with Crippen molar-refractivity contribution in [3.8, 4) is 0 Å². The number of rotatable bonds is 7. The molecular formula is C13H27NO2S2. The molecule has 1 aliphatic carbocycles. The molecule has 3 nitrogen and oxygen atoms in total. The average Bonchev–Trinajstić information content (AvgIpc) is 2.33. The molecule has 5 heteroatoms. The molecule has 1 aliphatic rings. The highest BCUT2D eigenvalue weighted by atomic mass is 32.2. The van der Waals surface area contributed by atoms with Crippen molar-refractivity contribution in [1.29, 1.82) is 0 Å². The smallest absolute Gasteiger partial charge is 0.151 e. The van der Waals surface area contributed by atoms with Crippen LogP contribution in [0.2, 0.25) is 0 Å². The van der Waals surface area contributed by atoms with E-state index in [9.17, 15) is 8.42 Å². The van der Waals surface area contributed by atoms with Crippen LogP contribution in [0.3, 0.4) is 0 Å². The summed E-state index contributed by atoms with van der Waals surface area (Å²) in [6, 6.07) is 0.236. The van der Waals surface area contributed by atoms with Crippen LogP contribution in [0.5, 0.6) is 0 Å². The zero-order chi connectivity index (χ0) is 13.6. The fraction of sp³-hybridized carbons (Fsp3) is 1.00. The van der Waals surface area contributed by atoms with Crippen molar-refractivity contribution >= 4 is 21.6 Å². The van der Waals surface area contributed by atoms with Gasteiger partial charge in [0, 0.05) is 12.3 Å². The van der Waals surface area contributed by atoms with Crippen molar-refractivity contribution in [2.45, 2.75) is 50.3 Å².